The Hall–Kier alpha value is -0.180. The molecule has 94 valence electrons. The Morgan fingerprint density at radius 2 is 2.06 bits per heavy atom. The Balaban J connectivity index is 2.10. The van der Waals surface area contributed by atoms with Gasteiger partial charge in [-0.1, -0.05) is 36.6 Å². The van der Waals surface area contributed by atoms with Crippen molar-refractivity contribution >= 4 is 23.4 Å². The average molecular weight is 270 g/mol. The highest BCUT2D eigenvalue weighted by Crippen LogP contribution is 2.41. The molecule has 3 heteroatoms. The van der Waals surface area contributed by atoms with Crippen molar-refractivity contribution in [2.24, 2.45) is 5.73 Å². The van der Waals surface area contributed by atoms with Gasteiger partial charge in [0.1, 0.15) is 0 Å². The third-order valence-corrected chi connectivity index (χ3v) is 5.38. The molecule has 1 aromatic carbocycles. The molecule has 0 spiro atoms. The van der Waals surface area contributed by atoms with Gasteiger partial charge in [0, 0.05) is 21.6 Å². The van der Waals surface area contributed by atoms with Crippen molar-refractivity contribution in [2.75, 3.05) is 0 Å². The number of nitrogens with two attached hydrogens (primary N) is 1. The van der Waals surface area contributed by atoms with E-state index in [0.29, 0.717) is 5.25 Å². The van der Waals surface area contributed by atoms with Crippen molar-refractivity contribution in [3.05, 3.63) is 34.9 Å². The summed E-state index contributed by atoms with van der Waals surface area (Å²) in [5.74, 6) is 0. The molecule has 0 aliphatic heterocycles. The van der Waals surface area contributed by atoms with E-state index in [1.807, 2.05) is 23.9 Å². The van der Waals surface area contributed by atoms with Crippen LogP contribution in [0, 0.1) is 0 Å². The molecule has 2 rings (SSSR count). The normalized spacial score (nSPS) is 20.4. The topological polar surface area (TPSA) is 26.0 Å². The first-order valence-corrected chi connectivity index (χ1v) is 7.65. The fourth-order valence-electron chi connectivity index (χ4n) is 2.42. The zero-order chi connectivity index (χ0) is 12.3. The number of rotatable bonds is 4. The van der Waals surface area contributed by atoms with Gasteiger partial charge in [-0.15, -0.1) is 11.8 Å². The Labute approximate surface area is 113 Å². The summed E-state index contributed by atoms with van der Waals surface area (Å²) in [6, 6.07) is 8.30. The van der Waals surface area contributed by atoms with E-state index in [2.05, 4.69) is 19.1 Å². The molecule has 1 aromatic rings. The Bertz CT molecular complexity index is 361. The van der Waals surface area contributed by atoms with Crippen LogP contribution in [0.2, 0.25) is 5.02 Å². The summed E-state index contributed by atoms with van der Waals surface area (Å²) in [4.78, 5) is 0. The quantitative estimate of drug-likeness (QED) is 0.877. The molecule has 1 nitrogen and oxygen atoms in total. The summed E-state index contributed by atoms with van der Waals surface area (Å²) in [6.07, 6.45) is 5.43. The predicted molar refractivity (Wildman–Crippen MR) is 77.7 cm³/mol. The van der Waals surface area contributed by atoms with Gasteiger partial charge in [0.25, 0.3) is 0 Å². The third-order valence-electron chi connectivity index (χ3n) is 3.30. The second kappa shape index (κ2) is 6.12. The molecule has 1 saturated carbocycles. The molecule has 0 aromatic heterocycles. The van der Waals surface area contributed by atoms with Gasteiger partial charge in [-0.2, -0.15) is 0 Å². The van der Waals surface area contributed by atoms with Gasteiger partial charge in [0.15, 0.2) is 0 Å². The number of hydrogen-bond acceptors (Lipinski definition) is 2. The number of halogens is 1. The summed E-state index contributed by atoms with van der Waals surface area (Å²) in [5, 5.41) is 1.96. The van der Waals surface area contributed by atoms with Crippen molar-refractivity contribution in [1.29, 1.82) is 0 Å². The van der Waals surface area contributed by atoms with Crippen molar-refractivity contribution in [3.63, 3.8) is 0 Å². The number of benzene rings is 1. The highest BCUT2D eigenvalue weighted by Gasteiger charge is 2.24. The van der Waals surface area contributed by atoms with Crippen LogP contribution >= 0.6 is 23.4 Å². The maximum absolute atomic E-state index is 6.13. The maximum atomic E-state index is 6.13. The van der Waals surface area contributed by atoms with E-state index >= 15 is 0 Å². The summed E-state index contributed by atoms with van der Waals surface area (Å²) in [7, 11) is 0. The number of hydrogen-bond donors (Lipinski definition) is 1. The van der Waals surface area contributed by atoms with Crippen molar-refractivity contribution in [3.8, 4) is 0 Å². The first-order valence-electron chi connectivity index (χ1n) is 6.33. The van der Waals surface area contributed by atoms with E-state index in [1.54, 1.807) is 0 Å². The minimum absolute atomic E-state index is 0.166. The molecule has 0 saturated heterocycles. The monoisotopic (exact) mass is 269 g/mol. The van der Waals surface area contributed by atoms with Gasteiger partial charge < -0.3 is 5.73 Å². The van der Waals surface area contributed by atoms with Crippen LogP contribution in [0.25, 0.3) is 0 Å². The molecule has 2 unspecified atom stereocenters. The van der Waals surface area contributed by atoms with Crippen LogP contribution in [-0.4, -0.2) is 11.3 Å². The van der Waals surface area contributed by atoms with E-state index < -0.39 is 0 Å². The smallest absolute Gasteiger partial charge is 0.0448 e. The lowest BCUT2D eigenvalue weighted by molar-refractivity contribution is 0.714. The first-order chi connectivity index (χ1) is 8.16. The molecule has 0 bridgehead atoms. The minimum atomic E-state index is 0.166. The number of thioether (sulfide) groups is 1. The standard InChI is InChI=1S/C14H20ClNS/c1-10(16)14(17-13-7-2-3-8-13)11-5-4-6-12(15)9-11/h4-6,9-10,13-14H,2-3,7-8,16H2,1H3. The molecule has 1 aliphatic carbocycles. The highest BCUT2D eigenvalue weighted by molar-refractivity contribution is 8.00. The van der Waals surface area contributed by atoms with Crippen LogP contribution in [0.1, 0.15) is 43.4 Å². The van der Waals surface area contributed by atoms with Gasteiger partial charge in [-0.25, -0.2) is 0 Å². The van der Waals surface area contributed by atoms with Crippen LogP contribution in [-0.2, 0) is 0 Å². The molecular weight excluding hydrogens is 250 g/mol. The molecule has 17 heavy (non-hydrogen) atoms. The largest absolute Gasteiger partial charge is 0.327 e. The average Bonchev–Trinajstić information content (AvgIpc) is 2.78. The molecule has 2 atom stereocenters. The lowest BCUT2D eigenvalue weighted by atomic mass is 10.1. The summed E-state index contributed by atoms with van der Waals surface area (Å²) in [5.41, 5.74) is 7.40. The Morgan fingerprint density at radius 1 is 1.35 bits per heavy atom. The molecule has 0 amide bonds. The minimum Gasteiger partial charge on any atom is -0.327 e. The van der Waals surface area contributed by atoms with Crippen molar-refractivity contribution in [2.45, 2.75) is 49.1 Å². The summed E-state index contributed by atoms with van der Waals surface area (Å²) in [6.45, 7) is 2.09. The van der Waals surface area contributed by atoms with Gasteiger partial charge in [-0.3, -0.25) is 0 Å². The SMILES string of the molecule is CC(N)C(SC1CCCC1)c1cccc(Cl)c1. The first kappa shape index (κ1) is 13.3. The Morgan fingerprint density at radius 3 is 2.65 bits per heavy atom. The zero-order valence-electron chi connectivity index (χ0n) is 10.2. The van der Waals surface area contributed by atoms with Crippen LogP contribution in [0.15, 0.2) is 24.3 Å². The fourth-order valence-corrected chi connectivity index (χ4v) is 4.19. The predicted octanol–water partition coefficient (Wildman–Crippen LogP) is 4.40. The van der Waals surface area contributed by atoms with E-state index in [1.165, 1.54) is 31.2 Å². The molecule has 1 aliphatic rings. The van der Waals surface area contributed by atoms with E-state index in [4.69, 9.17) is 17.3 Å². The van der Waals surface area contributed by atoms with E-state index in [-0.39, 0.29) is 6.04 Å². The molecular formula is C14H20ClNS. The van der Waals surface area contributed by atoms with Gasteiger partial charge in [0.05, 0.1) is 0 Å². The van der Waals surface area contributed by atoms with Crippen LogP contribution in [0.4, 0.5) is 0 Å². The van der Waals surface area contributed by atoms with Gasteiger partial charge >= 0.3 is 0 Å². The van der Waals surface area contributed by atoms with Gasteiger partial charge in [0.2, 0.25) is 0 Å². The second-order valence-corrected chi connectivity index (χ2v) is 6.76. The third kappa shape index (κ3) is 3.64. The molecule has 1 fully saturated rings. The fraction of sp³-hybridized carbons (Fsp3) is 0.571. The molecule has 0 heterocycles. The lowest BCUT2D eigenvalue weighted by Crippen LogP contribution is -2.24. The maximum Gasteiger partial charge on any atom is 0.0448 e. The molecule has 2 N–H and O–H groups in total. The van der Waals surface area contributed by atoms with Crippen molar-refractivity contribution < 1.29 is 0 Å². The summed E-state index contributed by atoms with van der Waals surface area (Å²) >= 11 is 8.10. The van der Waals surface area contributed by atoms with E-state index in [0.717, 1.165) is 10.3 Å². The van der Waals surface area contributed by atoms with Crippen LogP contribution in [0.3, 0.4) is 0 Å². The van der Waals surface area contributed by atoms with Crippen LogP contribution in [0.5, 0.6) is 0 Å². The lowest BCUT2D eigenvalue weighted by Gasteiger charge is -2.24. The van der Waals surface area contributed by atoms with Gasteiger partial charge in [-0.05, 0) is 37.5 Å². The molecule has 0 radical (unpaired) electrons. The zero-order valence-corrected chi connectivity index (χ0v) is 11.8. The summed E-state index contributed by atoms with van der Waals surface area (Å²) < 4.78 is 0. The van der Waals surface area contributed by atoms with Crippen LogP contribution < -0.4 is 5.73 Å². The highest BCUT2D eigenvalue weighted by atomic mass is 35.5. The van der Waals surface area contributed by atoms with E-state index in [9.17, 15) is 0 Å². The second-order valence-electron chi connectivity index (χ2n) is 4.88. The Kier molecular flexibility index (Phi) is 4.78. The van der Waals surface area contributed by atoms with Crippen molar-refractivity contribution in [1.82, 2.24) is 0 Å².